The van der Waals surface area contributed by atoms with Gasteiger partial charge in [0.1, 0.15) is 6.23 Å². The molecule has 2 fully saturated rings. The number of fused-ring (bicyclic) bond motifs is 1. The van der Waals surface area contributed by atoms with Crippen LogP contribution in [-0.4, -0.2) is 43.7 Å². The summed E-state index contributed by atoms with van der Waals surface area (Å²) in [4.78, 5) is 2.61. The maximum Gasteiger partial charge on any atom is 0.150 e. The van der Waals surface area contributed by atoms with Gasteiger partial charge in [0.15, 0.2) is 0 Å². The van der Waals surface area contributed by atoms with Gasteiger partial charge in [-0.1, -0.05) is 36.4 Å². The minimum atomic E-state index is 0.0734. The van der Waals surface area contributed by atoms with Crippen LogP contribution in [0.25, 0.3) is 22.0 Å². The molecular formula is C28H33N5O. The summed E-state index contributed by atoms with van der Waals surface area (Å²) in [6.07, 6.45) is 10.8. The van der Waals surface area contributed by atoms with Crippen LogP contribution in [0.5, 0.6) is 0 Å². The second-order valence-corrected chi connectivity index (χ2v) is 10.00. The van der Waals surface area contributed by atoms with Crippen LogP contribution >= 0.6 is 0 Å². The van der Waals surface area contributed by atoms with Gasteiger partial charge >= 0.3 is 0 Å². The van der Waals surface area contributed by atoms with Gasteiger partial charge in [0, 0.05) is 49.4 Å². The summed E-state index contributed by atoms with van der Waals surface area (Å²) >= 11 is 0. The van der Waals surface area contributed by atoms with Gasteiger partial charge in [-0.25, -0.2) is 4.68 Å². The molecule has 2 aromatic heterocycles. The van der Waals surface area contributed by atoms with Crippen molar-refractivity contribution in [2.75, 3.05) is 13.2 Å². The minimum absolute atomic E-state index is 0.0734. The Balaban J connectivity index is 1.14. The van der Waals surface area contributed by atoms with E-state index in [-0.39, 0.29) is 6.23 Å². The number of aromatic nitrogens is 4. The molecular weight excluding hydrogens is 422 g/mol. The molecule has 1 unspecified atom stereocenters. The maximum absolute atomic E-state index is 5.88. The first-order valence-corrected chi connectivity index (χ1v) is 12.6. The van der Waals surface area contributed by atoms with E-state index in [1.807, 2.05) is 17.1 Å². The Bertz CT molecular complexity index is 1240. The van der Waals surface area contributed by atoms with E-state index in [0.717, 1.165) is 44.6 Å². The van der Waals surface area contributed by atoms with Crippen molar-refractivity contribution in [3.8, 4) is 11.1 Å². The lowest BCUT2D eigenvalue weighted by atomic mass is 10.1. The SMILES string of the molecule is C[C@H]1C[C@@H](Cn2ncc3cc(-c4cnn(C5CCCCO5)c4)ccc32)CN1Cc1ccccc1. The van der Waals surface area contributed by atoms with Crippen molar-refractivity contribution in [1.29, 1.82) is 0 Å². The summed E-state index contributed by atoms with van der Waals surface area (Å²) in [5, 5.41) is 10.5. The monoisotopic (exact) mass is 455 g/mol. The lowest BCUT2D eigenvalue weighted by molar-refractivity contribution is -0.0394. The fourth-order valence-electron chi connectivity index (χ4n) is 5.62. The minimum Gasteiger partial charge on any atom is -0.357 e. The van der Waals surface area contributed by atoms with Crippen LogP contribution in [0.4, 0.5) is 0 Å². The molecule has 0 saturated carbocycles. The zero-order chi connectivity index (χ0) is 22.9. The molecule has 2 aliphatic heterocycles. The van der Waals surface area contributed by atoms with Crippen LogP contribution < -0.4 is 0 Å². The zero-order valence-electron chi connectivity index (χ0n) is 19.9. The van der Waals surface area contributed by atoms with Crippen molar-refractivity contribution in [2.45, 2.75) is 58.0 Å². The molecule has 0 spiro atoms. The average Bonchev–Trinajstić information content (AvgIpc) is 3.60. The van der Waals surface area contributed by atoms with Gasteiger partial charge in [-0.15, -0.1) is 0 Å². The highest BCUT2D eigenvalue weighted by atomic mass is 16.5. The number of likely N-dealkylation sites (tertiary alicyclic amines) is 1. The van der Waals surface area contributed by atoms with Crippen molar-refractivity contribution < 1.29 is 4.74 Å². The molecule has 34 heavy (non-hydrogen) atoms. The number of hydrogen-bond donors (Lipinski definition) is 0. The Hall–Kier alpha value is -2.96. The lowest BCUT2D eigenvalue weighted by Gasteiger charge is -2.22. The van der Waals surface area contributed by atoms with Crippen LogP contribution in [0.15, 0.2) is 67.1 Å². The molecule has 0 radical (unpaired) electrons. The van der Waals surface area contributed by atoms with Crippen molar-refractivity contribution in [3.63, 3.8) is 0 Å². The predicted octanol–water partition coefficient (Wildman–Crippen LogP) is 5.51. The van der Waals surface area contributed by atoms with Crippen molar-refractivity contribution in [3.05, 3.63) is 72.7 Å². The number of ether oxygens (including phenoxy) is 1. The van der Waals surface area contributed by atoms with Gasteiger partial charge in [-0.2, -0.15) is 10.2 Å². The standard InChI is InChI=1S/C28H33N5O/c1-21-13-23(18-31(21)17-22-7-3-2-4-8-22)19-32-27-11-10-24(14-25(27)15-29-32)26-16-30-33(20-26)28-9-5-6-12-34-28/h2-4,7-8,10-11,14-16,20-21,23,28H,5-6,9,12-13,17-19H2,1H3/t21-,23+,28?/m0/s1. The highest BCUT2D eigenvalue weighted by Gasteiger charge is 2.29. The average molecular weight is 456 g/mol. The molecule has 176 valence electrons. The Morgan fingerprint density at radius 1 is 1.00 bits per heavy atom. The largest absolute Gasteiger partial charge is 0.357 e. The topological polar surface area (TPSA) is 48.1 Å². The van der Waals surface area contributed by atoms with Crippen molar-refractivity contribution in [1.82, 2.24) is 24.5 Å². The maximum atomic E-state index is 5.88. The first-order valence-electron chi connectivity index (χ1n) is 12.6. The number of nitrogens with zero attached hydrogens (tertiary/aromatic N) is 5. The van der Waals surface area contributed by atoms with E-state index >= 15 is 0 Å². The summed E-state index contributed by atoms with van der Waals surface area (Å²) in [6.45, 7) is 6.30. The van der Waals surface area contributed by atoms with Crippen LogP contribution in [0.3, 0.4) is 0 Å². The third kappa shape index (κ3) is 4.40. The molecule has 0 N–H and O–H groups in total. The van der Waals surface area contributed by atoms with Crippen molar-refractivity contribution >= 4 is 10.9 Å². The van der Waals surface area contributed by atoms with Crippen LogP contribution in [0, 0.1) is 5.92 Å². The summed E-state index contributed by atoms with van der Waals surface area (Å²) < 4.78 is 10.1. The summed E-state index contributed by atoms with van der Waals surface area (Å²) in [7, 11) is 0. The molecule has 4 aromatic rings. The van der Waals surface area contributed by atoms with Crippen molar-refractivity contribution in [2.24, 2.45) is 5.92 Å². The van der Waals surface area contributed by atoms with E-state index in [1.165, 1.54) is 34.9 Å². The number of benzene rings is 2. The Kier molecular flexibility index (Phi) is 5.93. The number of hydrogen-bond acceptors (Lipinski definition) is 4. The van der Waals surface area contributed by atoms with E-state index in [0.29, 0.717) is 12.0 Å². The summed E-state index contributed by atoms with van der Waals surface area (Å²) in [5.74, 6) is 0.621. The normalized spacial score (nSPS) is 23.6. The fraction of sp³-hybridized carbons (Fsp3) is 0.429. The van der Waals surface area contributed by atoms with E-state index in [2.05, 4.69) is 76.3 Å². The van der Waals surface area contributed by atoms with Gasteiger partial charge in [-0.3, -0.25) is 9.58 Å². The number of rotatable bonds is 6. The molecule has 0 bridgehead atoms. The first kappa shape index (κ1) is 21.6. The second-order valence-electron chi connectivity index (χ2n) is 10.00. The lowest BCUT2D eigenvalue weighted by Crippen LogP contribution is -2.26. The summed E-state index contributed by atoms with van der Waals surface area (Å²) in [6, 6.07) is 18.1. The van der Waals surface area contributed by atoms with E-state index < -0.39 is 0 Å². The van der Waals surface area contributed by atoms with E-state index in [9.17, 15) is 0 Å². The second kappa shape index (κ2) is 9.35. The Morgan fingerprint density at radius 3 is 2.76 bits per heavy atom. The zero-order valence-corrected chi connectivity index (χ0v) is 19.9. The molecule has 0 aliphatic carbocycles. The van der Waals surface area contributed by atoms with Gasteiger partial charge in [0.25, 0.3) is 0 Å². The third-order valence-corrected chi connectivity index (χ3v) is 7.48. The Labute approximate surface area is 201 Å². The smallest absolute Gasteiger partial charge is 0.150 e. The van der Waals surface area contributed by atoms with Crippen LogP contribution in [0.1, 0.15) is 44.4 Å². The van der Waals surface area contributed by atoms with E-state index in [1.54, 1.807) is 0 Å². The first-order chi connectivity index (χ1) is 16.7. The molecule has 2 aliphatic rings. The summed E-state index contributed by atoms with van der Waals surface area (Å²) in [5.41, 5.74) is 4.91. The molecule has 2 aromatic carbocycles. The molecule has 6 heteroatoms. The van der Waals surface area contributed by atoms with Gasteiger partial charge in [-0.05, 0) is 61.8 Å². The van der Waals surface area contributed by atoms with Gasteiger partial charge in [0.05, 0.1) is 17.9 Å². The van der Waals surface area contributed by atoms with Crippen LogP contribution in [-0.2, 0) is 17.8 Å². The highest BCUT2D eigenvalue weighted by molar-refractivity contribution is 5.84. The third-order valence-electron chi connectivity index (χ3n) is 7.48. The molecule has 3 atom stereocenters. The molecule has 6 rings (SSSR count). The van der Waals surface area contributed by atoms with Gasteiger partial charge in [0.2, 0.25) is 0 Å². The predicted molar refractivity (Wildman–Crippen MR) is 134 cm³/mol. The van der Waals surface area contributed by atoms with Gasteiger partial charge < -0.3 is 4.74 Å². The molecule has 6 nitrogen and oxygen atoms in total. The highest BCUT2D eigenvalue weighted by Crippen LogP contribution is 2.30. The van der Waals surface area contributed by atoms with E-state index in [4.69, 9.17) is 9.84 Å². The van der Waals surface area contributed by atoms with Crippen LogP contribution in [0.2, 0.25) is 0 Å². The molecule has 0 amide bonds. The fourth-order valence-corrected chi connectivity index (χ4v) is 5.62. The Morgan fingerprint density at radius 2 is 1.91 bits per heavy atom. The molecule has 2 saturated heterocycles. The quantitative estimate of drug-likeness (QED) is 0.385. The molecule has 4 heterocycles.